The molecular weight excluding hydrogens is 73.0 g/mol. The minimum absolute atomic E-state index is 0.718. The first-order chi connectivity index (χ1) is 2.27. The van der Waals surface area contributed by atoms with E-state index in [0.29, 0.717) is 0 Å². The minimum atomic E-state index is -0.718. The highest BCUT2D eigenvalue weighted by Crippen LogP contribution is 1.34. The van der Waals surface area contributed by atoms with Gasteiger partial charge < -0.3 is 5.73 Å². The normalized spacial score (nSPS) is 6.60. The lowest BCUT2D eigenvalue weighted by Gasteiger charge is -1.81. The number of urea groups is 1. The van der Waals surface area contributed by atoms with Gasteiger partial charge in [0.1, 0.15) is 0 Å². The molecule has 0 aliphatic carbocycles. The molecule has 4 heteroatoms. The molecule has 0 aliphatic heterocycles. The number of nitrogens with one attached hydrogen (secondary N) is 1. The van der Waals surface area contributed by atoms with Crippen LogP contribution in [0.4, 0.5) is 4.79 Å². The molecule has 0 aliphatic rings. The molecule has 5 heavy (non-hydrogen) atoms. The van der Waals surface area contributed by atoms with E-state index in [1.54, 1.807) is 5.43 Å². The first-order valence-corrected chi connectivity index (χ1v) is 1.03. The Hall–Kier alpha value is -0.770. The molecule has 30 valence electrons. The molecule has 0 aromatic carbocycles. The highest BCUT2D eigenvalue weighted by molar-refractivity contribution is 5.70. The molecular formula is CH5N3O. The summed E-state index contributed by atoms with van der Waals surface area (Å²) in [6.45, 7) is 0. The maximum atomic E-state index is 9.35. The lowest BCUT2D eigenvalue weighted by atomic mass is 11.3. The summed E-state index contributed by atoms with van der Waals surface area (Å²) in [5.41, 5.74) is 6.08. The predicted octanol–water partition coefficient (Wildman–Crippen LogP) is -1.47. The third kappa shape index (κ3) is 3.23. The standard InChI is InChI=1S/CH5N3O/c2-1(5)4-3/h3H2,(H3,2,4,5)/i2+1,3+1,4+1. The third-order valence-electron chi connectivity index (χ3n) is 0.142. The first kappa shape index (κ1) is 4.23. The van der Waals surface area contributed by atoms with E-state index in [1.165, 1.54) is 0 Å². The topological polar surface area (TPSA) is 81.1 Å². The van der Waals surface area contributed by atoms with Crippen LogP contribution in [0.3, 0.4) is 0 Å². The van der Waals surface area contributed by atoms with Crippen LogP contribution in [0.2, 0.25) is 0 Å². The summed E-state index contributed by atoms with van der Waals surface area (Å²) in [4.78, 5) is 9.35. The van der Waals surface area contributed by atoms with Gasteiger partial charge in [0.15, 0.2) is 0 Å². The Morgan fingerprint density at radius 3 is 2.00 bits per heavy atom. The maximum absolute atomic E-state index is 9.35. The summed E-state index contributed by atoms with van der Waals surface area (Å²) in [7, 11) is 0. The van der Waals surface area contributed by atoms with Crippen molar-refractivity contribution in [3.05, 3.63) is 0 Å². The summed E-state index contributed by atoms with van der Waals surface area (Å²) in [5.74, 6) is 4.45. The second-order valence-electron chi connectivity index (χ2n) is 0.509. The number of hydrogen-bond acceptors (Lipinski definition) is 2. The van der Waals surface area contributed by atoms with Crippen LogP contribution in [0.1, 0.15) is 0 Å². The van der Waals surface area contributed by atoms with E-state index in [4.69, 9.17) is 0 Å². The number of carbonyl (C=O) groups excluding carboxylic acids is 1. The Kier molecular flexibility index (Phi) is 1.30. The van der Waals surface area contributed by atoms with Crippen molar-refractivity contribution in [2.75, 3.05) is 0 Å². The average molecular weight is 78.1 g/mol. The van der Waals surface area contributed by atoms with E-state index >= 15 is 0 Å². The summed E-state index contributed by atoms with van der Waals surface area (Å²) in [5, 5.41) is 0. The minimum Gasteiger partial charge on any atom is -0.351 e. The second kappa shape index (κ2) is 1.54. The number of primary amides is 1. The summed E-state index contributed by atoms with van der Waals surface area (Å²) < 4.78 is 0. The fraction of sp³-hybridized carbons (Fsp3) is 0. The molecule has 4 nitrogen and oxygen atoms in total. The third-order valence-corrected chi connectivity index (χ3v) is 0.142. The number of hydrazine groups is 1. The molecule has 0 unspecified atom stereocenters. The van der Waals surface area contributed by atoms with Crippen LogP contribution in [-0.4, -0.2) is 6.03 Å². The molecule has 0 saturated heterocycles. The second-order valence-corrected chi connectivity index (χ2v) is 0.509. The van der Waals surface area contributed by atoms with Crippen LogP contribution in [0.15, 0.2) is 0 Å². The molecule has 0 aromatic rings. The zero-order valence-electron chi connectivity index (χ0n) is 2.56. The van der Waals surface area contributed by atoms with Crippen LogP contribution in [0.5, 0.6) is 0 Å². The van der Waals surface area contributed by atoms with Crippen LogP contribution in [-0.2, 0) is 0 Å². The van der Waals surface area contributed by atoms with Gasteiger partial charge in [-0.3, -0.25) is 5.43 Å². The number of amides is 2. The molecule has 0 atom stereocenters. The van der Waals surface area contributed by atoms with Crippen molar-refractivity contribution in [3.8, 4) is 0 Å². The average Bonchev–Trinajstić information content (AvgIpc) is 1.38. The van der Waals surface area contributed by atoms with Crippen molar-refractivity contribution in [2.24, 2.45) is 11.6 Å². The van der Waals surface area contributed by atoms with Gasteiger partial charge in [-0.05, 0) is 0 Å². The molecule has 0 saturated carbocycles. The molecule has 0 spiro atoms. The van der Waals surface area contributed by atoms with Gasteiger partial charge in [0, 0.05) is 0 Å². The molecule has 0 fully saturated rings. The van der Waals surface area contributed by atoms with Gasteiger partial charge in [-0.2, -0.15) is 0 Å². The maximum Gasteiger partial charge on any atom is 0.326 e. The Labute approximate surface area is 29.1 Å². The highest BCUT2D eigenvalue weighted by atomic mass is 16.3. The number of carbonyl (C=O) groups is 1. The van der Waals surface area contributed by atoms with Gasteiger partial charge in [-0.1, -0.05) is 0 Å². The van der Waals surface area contributed by atoms with Gasteiger partial charge in [0.05, 0.1) is 0 Å². The van der Waals surface area contributed by atoms with Crippen molar-refractivity contribution >= 4 is 6.03 Å². The first-order valence-electron chi connectivity index (χ1n) is 1.03. The summed E-state index contributed by atoms with van der Waals surface area (Å²) in [6, 6.07) is -0.718. The molecule has 0 aromatic heterocycles. The largest absolute Gasteiger partial charge is 0.351 e. The van der Waals surface area contributed by atoms with Crippen LogP contribution in [0, 0.1) is 0 Å². The fourth-order valence-electron chi connectivity index (χ4n) is 0. The zero-order valence-corrected chi connectivity index (χ0v) is 2.56. The van der Waals surface area contributed by atoms with Gasteiger partial charge in [-0.25, -0.2) is 10.6 Å². The van der Waals surface area contributed by atoms with Crippen molar-refractivity contribution in [1.82, 2.24) is 5.43 Å². The number of rotatable bonds is 0. The number of hydrogen-bond donors (Lipinski definition) is 3. The zero-order chi connectivity index (χ0) is 4.28. The lowest BCUT2D eigenvalue weighted by Crippen LogP contribution is -2.34. The van der Waals surface area contributed by atoms with Gasteiger partial charge in [0.2, 0.25) is 0 Å². The Balaban J connectivity index is 2.85. The molecule has 0 radical (unpaired) electrons. The summed E-state index contributed by atoms with van der Waals surface area (Å²) >= 11 is 0. The van der Waals surface area contributed by atoms with E-state index in [9.17, 15) is 4.79 Å². The van der Waals surface area contributed by atoms with Gasteiger partial charge >= 0.3 is 6.03 Å². The van der Waals surface area contributed by atoms with Crippen LogP contribution < -0.4 is 17.0 Å². The van der Waals surface area contributed by atoms with Crippen LogP contribution >= 0.6 is 0 Å². The quantitative estimate of drug-likeness (QED) is 0.143. The lowest BCUT2D eigenvalue weighted by molar-refractivity contribution is 0.249. The Bertz CT molecular complexity index is 42.2. The molecule has 2 amide bonds. The fourth-order valence-corrected chi connectivity index (χ4v) is 0. The van der Waals surface area contributed by atoms with Gasteiger partial charge in [0.25, 0.3) is 0 Å². The highest BCUT2D eigenvalue weighted by Gasteiger charge is 1.73. The van der Waals surface area contributed by atoms with E-state index in [1.807, 2.05) is 0 Å². The van der Waals surface area contributed by atoms with E-state index in [2.05, 4.69) is 11.6 Å². The van der Waals surface area contributed by atoms with Crippen LogP contribution in [0.25, 0.3) is 0 Å². The Morgan fingerprint density at radius 2 is 2.00 bits per heavy atom. The van der Waals surface area contributed by atoms with E-state index in [0.717, 1.165) is 0 Å². The van der Waals surface area contributed by atoms with E-state index in [-0.39, 0.29) is 0 Å². The van der Waals surface area contributed by atoms with Gasteiger partial charge in [-0.15, -0.1) is 0 Å². The monoisotopic (exact) mass is 78.0 g/mol. The van der Waals surface area contributed by atoms with Crippen molar-refractivity contribution in [3.63, 3.8) is 0 Å². The Morgan fingerprint density at radius 1 is 1.80 bits per heavy atom. The molecule has 0 heterocycles. The van der Waals surface area contributed by atoms with Crippen molar-refractivity contribution in [2.45, 2.75) is 0 Å². The molecule has 0 bridgehead atoms. The SMILES string of the molecule is [15NH2][15NH]C([15NH2])=O. The number of nitrogens with two attached hydrogens (primary N) is 2. The summed E-state index contributed by atoms with van der Waals surface area (Å²) in [6.07, 6.45) is 0. The molecule has 0 rings (SSSR count). The van der Waals surface area contributed by atoms with E-state index < -0.39 is 6.03 Å². The molecule has 5 N–H and O–H groups in total. The smallest absolute Gasteiger partial charge is 0.326 e. The van der Waals surface area contributed by atoms with Crippen molar-refractivity contribution in [1.29, 1.82) is 0 Å². The van der Waals surface area contributed by atoms with Crippen molar-refractivity contribution < 1.29 is 4.79 Å². The predicted molar refractivity (Wildman–Crippen MR) is 16.9 cm³/mol.